The summed E-state index contributed by atoms with van der Waals surface area (Å²) in [5, 5.41) is 19.8. The molecule has 2 fully saturated rings. The van der Waals surface area contributed by atoms with Crippen LogP contribution in [0.15, 0.2) is 0 Å². The van der Waals surface area contributed by atoms with Gasteiger partial charge < -0.3 is 19.4 Å². The molecule has 28 heavy (non-hydrogen) atoms. The lowest BCUT2D eigenvalue weighted by Crippen LogP contribution is -2.42. The summed E-state index contributed by atoms with van der Waals surface area (Å²) in [5.74, 6) is 1.56. The van der Waals surface area contributed by atoms with E-state index in [0.29, 0.717) is 17.8 Å². The first-order chi connectivity index (χ1) is 13.6. The van der Waals surface area contributed by atoms with Gasteiger partial charge in [-0.3, -0.25) is 0 Å². The molecule has 0 aromatic carbocycles. The Morgan fingerprint density at radius 1 is 0.857 bits per heavy atom. The van der Waals surface area contributed by atoms with Crippen molar-refractivity contribution in [3.05, 3.63) is 0 Å². The minimum atomic E-state index is -1.70. The van der Waals surface area contributed by atoms with Crippen molar-refractivity contribution in [3.63, 3.8) is 0 Å². The van der Waals surface area contributed by atoms with Gasteiger partial charge in [0.05, 0.1) is 6.10 Å². The van der Waals surface area contributed by atoms with Crippen molar-refractivity contribution in [2.24, 2.45) is 29.6 Å². The lowest BCUT2D eigenvalue weighted by Gasteiger charge is -2.37. The van der Waals surface area contributed by atoms with Gasteiger partial charge in [0.1, 0.15) is 0 Å². The molecular formula is C23H46O4Si. The molecule has 2 bridgehead atoms. The minimum Gasteiger partial charge on any atom is -0.417 e. The molecule has 0 unspecified atom stereocenters. The standard InChI is InChI=1S/C23H46O4Si/c1-5-8-11-28(12-9-6-2,13-10-7-3)27-17-18-14-19-20(15-24)21(16-25)22(18)23(19)26-4/h18-25H,5-17H2,1-4H3/t18-,19+,20-,21-,22+,23-/m1/s1. The largest absolute Gasteiger partial charge is 0.417 e. The molecule has 0 amide bonds. The van der Waals surface area contributed by atoms with Gasteiger partial charge in [0.2, 0.25) is 0 Å². The zero-order chi connectivity index (χ0) is 20.6. The van der Waals surface area contributed by atoms with E-state index in [4.69, 9.17) is 9.16 Å². The normalized spacial score (nSPS) is 32.4. The van der Waals surface area contributed by atoms with Crippen molar-refractivity contribution >= 4 is 8.32 Å². The van der Waals surface area contributed by atoms with Crippen molar-refractivity contribution in [2.75, 3.05) is 26.9 Å². The number of methoxy groups -OCH3 is 1. The van der Waals surface area contributed by atoms with Crippen LogP contribution < -0.4 is 0 Å². The van der Waals surface area contributed by atoms with Gasteiger partial charge in [0.25, 0.3) is 0 Å². The summed E-state index contributed by atoms with van der Waals surface area (Å²) in [6, 6.07) is 3.92. The summed E-state index contributed by atoms with van der Waals surface area (Å²) in [5.41, 5.74) is 0. The average molecular weight is 415 g/mol. The Morgan fingerprint density at radius 3 is 1.82 bits per heavy atom. The van der Waals surface area contributed by atoms with Gasteiger partial charge in [-0.1, -0.05) is 59.3 Å². The number of unbranched alkanes of at least 4 members (excludes halogenated alkanes) is 3. The van der Waals surface area contributed by atoms with Gasteiger partial charge >= 0.3 is 0 Å². The fraction of sp³-hybridized carbons (Fsp3) is 1.00. The lowest BCUT2D eigenvalue weighted by molar-refractivity contribution is 0.0270. The maximum absolute atomic E-state index is 10.00. The van der Waals surface area contributed by atoms with Crippen LogP contribution in [0.25, 0.3) is 0 Å². The first-order valence-corrected chi connectivity index (χ1v) is 14.5. The van der Waals surface area contributed by atoms with E-state index in [1.807, 2.05) is 0 Å². The topological polar surface area (TPSA) is 58.9 Å². The second-order valence-corrected chi connectivity index (χ2v) is 13.6. The smallest absolute Gasteiger partial charge is 0.192 e. The van der Waals surface area contributed by atoms with E-state index in [-0.39, 0.29) is 31.2 Å². The molecule has 0 aromatic rings. The molecule has 166 valence electrons. The van der Waals surface area contributed by atoms with E-state index < -0.39 is 8.32 Å². The predicted molar refractivity (Wildman–Crippen MR) is 118 cm³/mol. The summed E-state index contributed by atoms with van der Waals surface area (Å²) in [4.78, 5) is 0. The summed E-state index contributed by atoms with van der Waals surface area (Å²) in [7, 11) is 0.101. The fourth-order valence-electron chi connectivity index (χ4n) is 6.22. The van der Waals surface area contributed by atoms with E-state index in [1.54, 1.807) is 7.11 Å². The van der Waals surface area contributed by atoms with Crippen molar-refractivity contribution < 1.29 is 19.4 Å². The van der Waals surface area contributed by atoms with E-state index in [9.17, 15) is 10.2 Å². The van der Waals surface area contributed by atoms with Crippen LogP contribution in [-0.4, -0.2) is 51.6 Å². The highest BCUT2D eigenvalue weighted by Gasteiger charge is 2.58. The molecule has 4 nitrogen and oxygen atoms in total. The predicted octanol–water partition coefficient (Wildman–Crippen LogP) is 4.85. The Hall–Kier alpha value is 0.0569. The molecular weight excluding hydrogens is 368 g/mol. The number of ether oxygens (including phenoxy) is 1. The number of hydrogen-bond acceptors (Lipinski definition) is 4. The average Bonchev–Trinajstić information content (AvgIpc) is 3.23. The monoisotopic (exact) mass is 414 g/mol. The molecule has 0 aromatic heterocycles. The molecule has 0 aliphatic heterocycles. The zero-order valence-electron chi connectivity index (χ0n) is 18.9. The molecule has 6 atom stereocenters. The van der Waals surface area contributed by atoms with Gasteiger partial charge in [0, 0.05) is 26.9 Å². The van der Waals surface area contributed by atoms with Crippen molar-refractivity contribution in [2.45, 2.75) is 90.0 Å². The SMILES string of the molecule is CCCC[Si](CCCC)(CCCC)OC[C@H]1C[C@H]2[C@@H](CO)[C@@H](CO)[C@H]1[C@@H]2OC. The van der Waals surface area contributed by atoms with Gasteiger partial charge in [0.15, 0.2) is 8.32 Å². The molecule has 2 rings (SSSR count). The number of aliphatic hydroxyl groups is 2. The third kappa shape index (κ3) is 5.40. The molecule has 0 saturated heterocycles. The Morgan fingerprint density at radius 2 is 1.39 bits per heavy atom. The number of rotatable bonds is 15. The quantitative estimate of drug-likeness (QED) is 0.376. The maximum atomic E-state index is 10.00. The molecule has 2 aliphatic rings. The van der Waals surface area contributed by atoms with Gasteiger partial charge in [-0.2, -0.15) is 0 Å². The van der Waals surface area contributed by atoms with Gasteiger partial charge in [-0.25, -0.2) is 0 Å². The molecule has 5 heteroatoms. The first-order valence-electron chi connectivity index (χ1n) is 12.0. The number of fused-ring (bicyclic) bond motifs is 2. The van der Waals surface area contributed by atoms with Crippen LogP contribution >= 0.6 is 0 Å². The van der Waals surface area contributed by atoms with Gasteiger partial charge in [-0.05, 0) is 54.1 Å². The van der Waals surface area contributed by atoms with E-state index in [0.717, 1.165) is 13.0 Å². The van der Waals surface area contributed by atoms with E-state index in [1.165, 1.54) is 56.7 Å². The maximum Gasteiger partial charge on any atom is 0.192 e. The van der Waals surface area contributed by atoms with Crippen molar-refractivity contribution in [1.82, 2.24) is 0 Å². The molecule has 2 saturated carbocycles. The second-order valence-electron chi connectivity index (χ2n) is 9.43. The minimum absolute atomic E-state index is 0.160. The lowest BCUT2D eigenvalue weighted by atomic mass is 9.75. The van der Waals surface area contributed by atoms with Crippen LogP contribution in [0, 0.1) is 29.6 Å². The highest BCUT2D eigenvalue weighted by atomic mass is 28.4. The van der Waals surface area contributed by atoms with Gasteiger partial charge in [-0.15, -0.1) is 0 Å². The molecule has 0 heterocycles. The fourth-order valence-corrected chi connectivity index (χ4v) is 11.0. The van der Waals surface area contributed by atoms with Crippen LogP contribution in [0.1, 0.15) is 65.7 Å². The van der Waals surface area contributed by atoms with Crippen molar-refractivity contribution in [1.29, 1.82) is 0 Å². The second kappa shape index (κ2) is 12.0. The highest BCUT2D eigenvalue weighted by Crippen LogP contribution is 2.56. The summed E-state index contributed by atoms with van der Waals surface area (Å²) in [6.45, 7) is 8.05. The van der Waals surface area contributed by atoms with Crippen LogP contribution in [-0.2, 0) is 9.16 Å². The third-order valence-corrected chi connectivity index (χ3v) is 12.3. The Bertz CT molecular complexity index is 409. The van der Waals surface area contributed by atoms with Crippen LogP contribution in [0.4, 0.5) is 0 Å². The summed E-state index contributed by atoms with van der Waals surface area (Å²) >= 11 is 0. The van der Waals surface area contributed by atoms with Crippen LogP contribution in [0.2, 0.25) is 18.1 Å². The Balaban J connectivity index is 2.08. The third-order valence-electron chi connectivity index (χ3n) is 7.77. The summed E-state index contributed by atoms with van der Waals surface area (Å²) < 4.78 is 12.8. The van der Waals surface area contributed by atoms with E-state index in [2.05, 4.69) is 20.8 Å². The van der Waals surface area contributed by atoms with E-state index >= 15 is 0 Å². The number of hydrogen-bond donors (Lipinski definition) is 2. The Labute approximate surface area is 174 Å². The number of aliphatic hydroxyl groups excluding tert-OH is 2. The highest BCUT2D eigenvalue weighted by molar-refractivity contribution is 6.73. The van der Waals surface area contributed by atoms with Crippen LogP contribution in [0.5, 0.6) is 0 Å². The molecule has 2 aliphatic carbocycles. The Kier molecular flexibility index (Phi) is 10.5. The first kappa shape index (κ1) is 24.3. The van der Waals surface area contributed by atoms with Crippen molar-refractivity contribution in [3.8, 4) is 0 Å². The molecule has 2 N–H and O–H groups in total. The zero-order valence-corrected chi connectivity index (χ0v) is 19.9. The summed E-state index contributed by atoms with van der Waals surface area (Å²) in [6.07, 6.45) is 8.91. The molecule has 0 radical (unpaired) electrons. The molecule has 0 spiro atoms. The van der Waals surface area contributed by atoms with Crippen LogP contribution in [0.3, 0.4) is 0 Å².